The highest BCUT2D eigenvalue weighted by molar-refractivity contribution is 5.69. The molecule has 0 bridgehead atoms. The molecule has 1 aromatic heterocycles. The van der Waals surface area contributed by atoms with Gasteiger partial charge in [-0.2, -0.15) is 0 Å². The summed E-state index contributed by atoms with van der Waals surface area (Å²) in [5.74, 6) is -0.190. The van der Waals surface area contributed by atoms with Crippen LogP contribution in [0, 0.1) is 0 Å². The molecular formula is C11H16N2O2. The molecule has 0 amide bonds. The van der Waals surface area contributed by atoms with E-state index in [2.05, 4.69) is 15.0 Å². The maximum atomic E-state index is 10.9. The summed E-state index contributed by atoms with van der Waals surface area (Å²) >= 11 is 0. The van der Waals surface area contributed by atoms with Crippen molar-refractivity contribution in [1.29, 1.82) is 0 Å². The van der Waals surface area contributed by atoms with Crippen LogP contribution in [-0.4, -0.2) is 24.6 Å². The van der Waals surface area contributed by atoms with Crippen LogP contribution >= 0.6 is 0 Å². The number of carbonyl (C=O) groups is 1. The Kier molecular flexibility index (Phi) is 4.77. The van der Waals surface area contributed by atoms with Gasteiger partial charge in [-0.25, -0.2) is 0 Å². The van der Waals surface area contributed by atoms with Crippen LogP contribution < -0.4 is 5.32 Å². The topological polar surface area (TPSA) is 51.2 Å². The first-order chi connectivity index (χ1) is 7.24. The van der Waals surface area contributed by atoms with E-state index in [0.29, 0.717) is 13.0 Å². The van der Waals surface area contributed by atoms with Gasteiger partial charge in [-0.1, -0.05) is 0 Å². The van der Waals surface area contributed by atoms with Gasteiger partial charge in [0, 0.05) is 25.0 Å². The molecule has 1 atom stereocenters. The van der Waals surface area contributed by atoms with Crippen molar-refractivity contribution in [3.63, 3.8) is 0 Å². The minimum Gasteiger partial charge on any atom is -0.469 e. The van der Waals surface area contributed by atoms with Gasteiger partial charge < -0.3 is 10.1 Å². The average Bonchev–Trinajstić information content (AvgIpc) is 2.29. The third-order valence-corrected chi connectivity index (χ3v) is 2.21. The Morgan fingerprint density at radius 1 is 1.53 bits per heavy atom. The minimum atomic E-state index is -0.190. The number of esters is 1. The van der Waals surface area contributed by atoms with Crippen LogP contribution in [-0.2, 0) is 9.53 Å². The normalized spacial score (nSPS) is 12.1. The molecule has 1 aromatic rings. The number of ether oxygens (including phenoxy) is 1. The van der Waals surface area contributed by atoms with Gasteiger partial charge in [0.1, 0.15) is 0 Å². The third-order valence-electron chi connectivity index (χ3n) is 2.21. The van der Waals surface area contributed by atoms with Crippen molar-refractivity contribution >= 4 is 5.97 Å². The number of nitrogens with one attached hydrogen (secondary N) is 1. The molecule has 0 unspecified atom stereocenters. The molecule has 0 fully saturated rings. The Hall–Kier alpha value is -1.42. The monoisotopic (exact) mass is 208 g/mol. The SMILES string of the molecule is COC(=O)CCN[C@H](C)c1ccncc1. The summed E-state index contributed by atoms with van der Waals surface area (Å²) < 4.78 is 4.55. The van der Waals surface area contributed by atoms with Crippen LogP contribution in [0.1, 0.15) is 24.9 Å². The van der Waals surface area contributed by atoms with Crippen molar-refractivity contribution in [2.24, 2.45) is 0 Å². The molecule has 0 saturated heterocycles. The second kappa shape index (κ2) is 6.14. The smallest absolute Gasteiger partial charge is 0.306 e. The van der Waals surface area contributed by atoms with Crippen LogP contribution in [0.15, 0.2) is 24.5 Å². The highest BCUT2D eigenvalue weighted by Gasteiger charge is 2.05. The highest BCUT2D eigenvalue weighted by Crippen LogP contribution is 2.09. The zero-order valence-corrected chi connectivity index (χ0v) is 9.06. The largest absolute Gasteiger partial charge is 0.469 e. The second-order valence-electron chi connectivity index (χ2n) is 3.28. The van der Waals surface area contributed by atoms with Crippen LogP contribution in [0.5, 0.6) is 0 Å². The molecule has 4 heteroatoms. The Morgan fingerprint density at radius 3 is 2.80 bits per heavy atom. The molecule has 4 nitrogen and oxygen atoms in total. The number of methoxy groups -OCH3 is 1. The van der Waals surface area contributed by atoms with Crippen molar-refractivity contribution in [3.8, 4) is 0 Å². The van der Waals surface area contributed by atoms with Crippen molar-refractivity contribution < 1.29 is 9.53 Å². The lowest BCUT2D eigenvalue weighted by Crippen LogP contribution is -2.22. The number of carbonyl (C=O) groups excluding carboxylic acids is 1. The zero-order chi connectivity index (χ0) is 11.1. The summed E-state index contributed by atoms with van der Waals surface area (Å²) in [7, 11) is 1.40. The Labute approximate surface area is 89.7 Å². The van der Waals surface area contributed by atoms with Crippen molar-refractivity contribution in [2.45, 2.75) is 19.4 Å². The zero-order valence-electron chi connectivity index (χ0n) is 9.06. The van der Waals surface area contributed by atoms with Gasteiger partial charge in [-0.05, 0) is 24.6 Å². The quantitative estimate of drug-likeness (QED) is 0.741. The predicted octanol–water partition coefficient (Wildman–Crippen LogP) is 1.30. The van der Waals surface area contributed by atoms with E-state index in [9.17, 15) is 4.79 Å². The Bertz CT molecular complexity index is 301. The standard InChI is InChI=1S/C11H16N2O2/c1-9(10-3-6-12-7-4-10)13-8-5-11(14)15-2/h3-4,6-7,9,13H,5,8H2,1-2H3/t9-/m1/s1. The van der Waals surface area contributed by atoms with E-state index in [-0.39, 0.29) is 12.0 Å². The summed E-state index contributed by atoms with van der Waals surface area (Å²) in [6.07, 6.45) is 3.91. The molecule has 15 heavy (non-hydrogen) atoms. The maximum Gasteiger partial charge on any atom is 0.306 e. The van der Waals surface area contributed by atoms with Gasteiger partial charge in [0.25, 0.3) is 0 Å². The molecule has 0 spiro atoms. The lowest BCUT2D eigenvalue weighted by molar-refractivity contribution is -0.140. The molecule has 0 aliphatic heterocycles. The number of nitrogens with zero attached hydrogens (tertiary/aromatic N) is 1. The van der Waals surface area contributed by atoms with E-state index in [1.165, 1.54) is 7.11 Å². The van der Waals surface area contributed by atoms with Gasteiger partial charge in [-0.3, -0.25) is 9.78 Å². The summed E-state index contributed by atoms with van der Waals surface area (Å²) in [5, 5.41) is 3.24. The molecular weight excluding hydrogens is 192 g/mol. The maximum absolute atomic E-state index is 10.9. The fourth-order valence-electron chi connectivity index (χ4n) is 1.26. The number of hydrogen-bond acceptors (Lipinski definition) is 4. The van der Waals surface area contributed by atoms with Gasteiger partial charge in [0.05, 0.1) is 13.5 Å². The number of hydrogen-bond donors (Lipinski definition) is 1. The molecule has 1 rings (SSSR count). The summed E-state index contributed by atoms with van der Waals surface area (Å²) in [6.45, 7) is 2.67. The second-order valence-corrected chi connectivity index (χ2v) is 3.28. The molecule has 0 saturated carbocycles. The molecule has 82 valence electrons. The van der Waals surface area contributed by atoms with E-state index in [0.717, 1.165) is 5.56 Å². The van der Waals surface area contributed by atoms with Crippen LogP contribution in [0.2, 0.25) is 0 Å². The third kappa shape index (κ3) is 4.08. The number of rotatable bonds is 5. The van der Waals surface area contributed by atoms with Gasteiger partial charge in [0.15, 0.2) is 0 Å². The van der Waals surface area contributed by atoms with Crippen molar-refractivity contribution in [3.05, 3.63) is 30.1 Å². The first kappa shape index (κ1) is 11.7. The van der Waals surface area contributed by atoms with Crippen molar-refractivity contribution in [2.75, 3.05) is 13.7 Å². The number of aromatic nitrogens is 1. The summed E-state index contributed by atoms with van der Waals surface area (Å²) in [5.41, 5.74) is 1.16. The van der Waals surface area contributed by atoms with E-state index in [4.69, 9.17) is 0 Å². The van der Waals surface area contributed by atoms with Crippen molar-refractivity contribution in [1.82, 2.24) is 10.3 Å². The first-order valence-electron chi connectivity index (χ1n) is 4.94. The van der Waals surface area contributed by atoms with Crippen LogP contribution in [0.3, 0.4) is 0 Å². The number of pyridine rings is 1. The van der Waals surface area contributed by atoms with Crippen LogP contribution in [0.4, 0.5) is 0 Å². The fourth-order valence-corrected chi connectivity index (χ4v) is 1.26. The molecule has 0 aromatic carbocycles. The van der Waals surface area contributed by atoms with Gasteiger partial charge >= 0.3 is 5.97 Å². The molecule has 1 N–H and O–H groups in total. The molecule has 1 heterocycles. The van der Waals surface area contributed by atoms with Gasteiger partial charge in [-0.15, -0.1) is 0 Å². The lowest BCUT2D eigenvalue weighted by Gasteiger charge is -2.13. The van der Waals surface area contributed by atoms with E-state index >= 15 is 0 Å². The summed E-state index contributed by atoms with van der Waals surface area (Å²) in [6, 6.07) is 4.13. The first-order valence-corrected chi connectivity index (χ1v) is 4.94. The van der Waals surface area contributed by atoms with E-state index in [1.54, 1.807) is 12.4 Å². The highest BCUT2D eigenvalue weighted by atomic mass is 16.5. The molecule has 0 aliphatic rings. The summed E-state index contributed by atoms with van der Waals surface area (Å²) in [4.78, 5) is 14.8. The van der Waals surface area contributed by atoms with E-state index < -0.39 is 0 Å². The minimum absolute atomic E-state index is 0.190. The predicted molar refractivity (Wildman–Crippen MR) is 57.3 cm³/mol. The lowest BCUT2D eigenvalue weighted by atomic mass is 10.1. The van der Waals surface area contributed by atoms with Crippen LogP contribution in [0.25, 0.3) is 0 Å². The molecule has 0 radical (unpaired) electrons. The fraction of sp³-hybridized carbons (Fsp3) is 0.455. The van der Waals surface area contributed by atoms with Gasteiger partial charge in [0.2, 0.25) is 0 Å². The average molecular weight is 208 g/mol. The Morgan fingerprint density at radius 2 is 2.20 bits per heavy atom. The molecule has 0 aliphatic carbocycles. The Balaban J connectivity index is 2.31. The van der Waals surface area contributed by atoms with E-state index in [1.807, 2.05) is 19.1 Å².